The zero-order valence-electron chi connectivity index (χ0n) is 15.4. The summed E-state index contributed by atoms with van der Waals surface area (Å²) in [5.41, 5.74) is 0.337. The number of carbonyl (C=O) groups is 2. The molecule has 28 heavy (non-hydrogen) atoms. The van der Waals surface area contributed by atoms with Crippen molar-refractivity contribution in [2.45, 2.75) is 25.5 Å². The predicted molar refractivity (Wildman–Crippen MR) is 105 cm³/mol. The molecule has 3 rings (SSSR count). The summed E-state index contributed by atoms with van der Waals surface area (Å²) in [4.78, 5) is 40.6. The van der Waals surface area contributed by atoms with Gasteiger partial charge in [-0.2, -0.15) is 0 Å². The van der Waals surface area contributed by atoms with Crippen LogP contribution in [0.4, 0.5) is 5.82 Å². The van der Waals surface area contributed by atoms with Crippen molar-refractivity contribution in [3.63, 3.8) is 0 Å². The molecule has 10 heteroatoms. The Kier molecular flexibility index (Phi) is 6.09. The van der Waals surface area contributed by atoms with Crippen LogP contribution < -0.4 is 16.2 Å². The molecule has 0 aliphatic rings. The Morgan fingerprint density at radius 2 is 2.07 bits per heavy atom. The number of carbonyl (C=O) groups excluding carboxylic acids is 2. The van der Waals surface area contributed by atoms with Crippen molar-refractivity contribution in [1.29, 1.82) is 0 Å². The third-order valence-electron chi connectivity index (χ3n) is 3.76. The summed E-state index contributed by atoms with van der Waals surface area (Å²) in [7, 11) is 0. The zero-order valence-corrected chi connectivity index (χ0v) is 16.2. The van der Waals surface area contributed by atoms with Gasteiger partial charge in [-0.15, -0.1) is 0 Å². The molecule has 0 aliphatic heterocycles. The number of benzene rings is 1. The average molecular weight is 401 g/mol. The molecule has 146 valence electrons. The lowest BCUT2D eigenvalue weighted by Gasteiger charge is -2.13. The van der Waals surface area contributed by atoms with Crippen molar-refractivity contribution >= 4 is 40.3 Å². The number of nitrogens with one attached hydrogen (secondary N) is 2. The summed E-state index contributed by atoms with van der Waals surface area (Å²) >= 11 is 1.14. The van der Waals surface area contributed by atoms with Crippen molar-refractivity contribution in [1.82, 2.24) is 20.0 Å². The molecular formula is C18H19N5O4S. The van der Waals surface area contributed by atoms with Gasteiger partial charge >= 0.3 is 0 Å². The lowest BCUT2D eigenvalue weighted by atomic mass is 10.2. The standard InChI is InChI=1S/C18H19N5O4S/c1-11-9-15(22-27-11)21-16(25)10-28-18-20-14-6-4-3-5-13(14)17(26)23(18)8-7-19-12(2)24/h3-6,9H,7-8,10H2,1-2H3,(H,19,24)(H,21,22,25). The number of aryl methyl sites for hydroxylation is 1. The molecule has 0 spiro atoms. The molecule has 0 bridgehead atoms. The Bertz CT molecular complexity index is 1080. The summed E-state index contributed by atoms with van der Waals surface area (Å²) in [6, 6.07) is 8.62. The largest absolute Gasteiger partial charge is 0.360 e. The van der Waals surface area contributed by atoms with E-state index >= 15 is 0 Å². The molecule has 0 fully saturated rings. The SMILES string of the molecule is CC(=O)NCCn1c(SCC(=O)Nc2cc(C)on2)nc2ccccc2c1=O. The Morgan fingerprint density at radius 1 is 1.29 bits per heavy atom. The number of aromatic nitrogens is 3. The molecule has 0 saturated carbocycles. The summed E-state index contributed by atoms with van der Waals surface area (Å²) in [5.74, 6) is 0.479. The van der Waals surface area contributed by atoms with Crippen molar-refractivity contribution in [2.24, 2.45) is 0 Å². The van der Waals surface area contributed by atoms with E-state index in [1.54, 1.807) is 37.3 Å². The molecule has 2 N–H and O–H groups in total. The topological polar surface area (TPSA) is 119 Å². The minimum absolute atomic E-state index is 0.0385. The number of hydrogen-bond acceptors (Lipinski definition) is 7. The third-order valence-corrected chi connectivity index (χ3v) is 4.74. The molecule has 9 nitrogen and oxygen atoms in total. The highest BCUT2D eigenvalue weighted by atomic mass is 32.2. The molecule has 0 unspecified atom stereocenters. The summed E-state index contributed by atoms with van der Waals surface area (Å²) in [5, 5.41) is 9.89. The highest BCUT2D eigenvalue weighted by Gasteiger charge is 2.14. The second-order valence-corrected chi connectivity index (χ2v) is 6.95. The van der Waals surface area contributed by atoms with Crippen LogP contribution in [0.2, 0.25) is 0 Å². The molecule has 2 aromatic heterocycles. The Balaban J connectivity index is 1.80. The first kappa shape index (κ1) is 19.6. The van der Waals surface area contributed by atoms with Crippen LogP contribution in [0.3, 0.4) is 0 Å². The molecule has 0 atom stereocenters. The smallest absolute Gasteiger partial charge is 0.262 e. The zero-order chi connectivity index (χ0) is 20.1. The van der Waals surface area contributed by atoms with Gasteiger partial charge < -0.3 is 15.2 Å². The maximum absolute atomic E-state index is 12.8. The number of rotatable bonds is 7. The van der Waals surface area contributed by atoms with E-state index in [9.17, 15) is 14.4 Å². The number of amides is 2. The molecular weight excluding hydrogens is 382 g/mol. The number of anilines is 1. The summed E-state index contributed by atoms with van der Waals surface area (Å²) in [6.45, 7) is 3.67. The predicted octanol–water partition coefficient (Wildman–Crippen LogP) is 1.56. The fourth-order valence-electron chi connectivity index (χ4n) is 2.53. The van der Waals surface area contributed by atoms with E-state index in [0.717, 1.165) is 11.8 Å². The van der Waals surface area contributed by atoms with Gasteiger partial charge in [-0.1, -0.05) is 29.1 Å². The van der Waals surface area contributed by atoms with Crippen LogP contribution in [-0.4, -0.2) is 38.8 Å². The number of hydrogen-bond donors (Lipinski definition) is 2. The second kappa shape index (κ2) is 8.70. The third kappa shape index (κ3) is 4.77. The lowest BCUT2D eigenvalue weighted by molar-refractivity contribution is -0.119. The lowest BCUT2D eigenvalue weighted by Crippen LogP contribution is -2.31. The first-order valence-corrected chi connectivity index (χ1v) is 9.52. The van der Waals surface area contributed by atoms with E-state index in [4.69, 9.17) is 4.52 Å². The monoisotopic (exact) mass is 401 g/mol. The van der Waals surface area contributed by atoms with Gasteiger partial charge in [0.15, 0.2) is 11.0 Å². The van der Waals surface area contributed by atoms with Crippen LogP contribution in [0, 0.1) is 6.92 Å². The van der Waals surface area contributed by atoms with Gasteiger partial charge in [-0.05, 0) is 19.1 Å². The van der Waals surface area contributed by atoms with Gasteiger partial charge in [0.05, 0.1) is 16.7 Å². The minimum atomic E-state index is -0.297. The van der Waals surface area contributed by atoms with Gasteiger partial charge in [0, 0.05) is 26.1 Å². The Morgan fingerprint density at radius 3 is 2.79 bits per heavy atom. The first-order chi connectivity index (χ1) is 13.4. The highest BCUT2D eigenvalue weighted by molar-refractivity contribution is 7.99. The maximum Gasteiger partial charge on any atom is 0.262 e. The van der Waals surface area contributed by atoms with Gasteiger partial charge in [-0.25, -0.2) is 4.98 Å². The van der Waals surface area contributed by atoms with E-state index in [0.29, 0.717) is 27.6 Å². The van der Waals surface area contributed by atoms with Crippen molar-refractivity contribution < 1.29 is 14.1 Å². The van der Waals surface area contributed by atoms with Crippen LogP contribution >= 0.6 is 11.8 Å². The fraction of sp³-hybridized carbons (Fsp3) is 0.278. The van der Waals surface area contributed by atoms with E-state index in [-0.39, 0.29) is 36.2 Å². The normalized spacial score (nSPS) is 10.8. The Labute approximate surface area is 164 Å². The summed E-state index contributed by atoms with van der Waals surface area (Å²) < 4.78 is 6.38. The number of para-hydroxylation sites is 1. The number of nitrogens with zero attached hydrogens (tertiary/aromatic N) is 3. The fourth-order valence-corrected chi connectivity index (χ4v) is 3.36. The molecule has 2 heterocycles. The summed E-state index contributed by atoms with van der Waals surface area (Å²) in [6.07, 6.45) is 0. The average Bonchev–Trinajstić information content (AvgIpc) is 3.06. The quantitative estimate of drug-likeness (QED) is 0.455. The number of thioether (sulfide) groups is 1. The van der Waals surface area contributed by atoms with Gasteiger partial charge in [0.1, 0.15) is 5.76 Å². The minimum Gasteiger partial charge on any atom is -0.360 e. The van der Waals surface area contributed by atoms with Crippen LogP contribution in [-0.2, 0) is 16.1 Å². The van der Waals surface area contributed by atoms with Crippen LogP contribution in [0.15, 0.2) is 44.8 Å². The Hall–Kier alpha value is -3.14. The van der Waals surface area contributed by atoms with Crippen LogP contribution in [0.5, 0.6) is 0 Å². The molecule has 0 saturated heterocycles. The number of fused-ring (bicyclic) bond motifs is 1. The van der Waals surface area contributed by atoms with Crippen molar-refractivity contribution in [3.8, 4) is 0 Å². The van der Waals surface area contributed by atoms with Gasteiger partial charge in [-0.3, -0.25) is 19.0 Å². The molecule has 0 radical (unpaired) electrons. The van der Waals surface area contributed by atoms with Crippen molar-refractivity contribution in [3.05, 3.63) is 46.4 Å². The van der Waals surface area contributed by atoms with Gasteiger partial charge in [0.2, 0.25) is 11.8 Å². The van der Waals surface area contributed by atoms with E-state index < -0.39 is 0 Å². The molecule has 2 amide bonds. The van der Waals surface area contributed by atoms with Gasteiger partial charge in [0.25, 0.3) is 5.56 Å². The van der Waals surface area contributed by atoms with E-state index in [1.165, 1.54) is 11.5 Å². The highest BCUT2D eigenvalue weighted by Crippen LogP contribution is 2.18. The second-order valence-electron chi connectivity index (χ2n) is 6.01. The first-order valence-electron chi connectivity index (χ1n) is 8.54. The van der Waals surface area contributed by atoms with E-state index in [1.807, 2.05) is 0 Å². The molecule has 0 aliphatic carbocycles. The van der Waals surface area contributed by atoms with Crippen LogP contribution in [0.1, 0.15) is 12.7 Å². The van der Waals surface area contributed by atoms with E-state index in [2.05, 4.69) is 20.8 Å². The maximum atomic E-state index is 12.8. The molecule has 3 aromatic rings. The molecule has 1 aromatic carbocycles. The van der Waals surface area contributed by atoms with Crippen LogP contribution in [0.25, 0.3) is 10.9 Å². The van der Waals surface area contributed by atoms with Crippen molar-refractivity contribution in [2.75, 3.05) is 17.6 Å².